The second-order valence-corrected chi connectivity index (χ2v) is 9.19. The summed E-state index contributed by atoms with van der Waals surface area (Å²) in [6, 6.07) is -0.0415. The molecule has 1 aliphatic heterocycles. The normalized spacial score (nSPS) is 28.1. The quantitative estimate of drug-likeness (QED) is 0.459. The van der Waals surface area contributed by atoms with E-state index in [0.29, 0.717) is 19.1 Å². The second kappa shape index (κ2) is 8.97. The Balaban J connectivity index is 1.77. The third-order valence-electron chi connectivity index (χ3n) is 5.21. The maximum Gasteiger partial charge on any atom is 0.407 e. The van der Waals surface area contributed by atoms with E-state index in [-0.39, 0.29) is 29.6 Å². The summed E-state index contributed by atoms with van der Waals surface area (Å²) in [4.78, 5) is 24.6. The third kappa shape index (κ3) is 6.42. The highest BCUT2D eigenvalue weighted by Gasteiger charge is 2.40. The summed E-state index contributed by atoms with van der Waals surface area (Å²) in [6.45, 7) is 11.1. The fourth-order valence-electron chi connectivity index (χ4n) is 3.61. The third-order valence-corrected chi connectivity index (χ3v) is 5.21. The molecule has 0 aromatic heterocycles. The van der Waals surface area contributed by atoms with Gasteiger partial charge >= 0.3 is 12.1 Å². The van der Waals surface area contributed by atoms with Crippen molar-refractivity contribution in [2.45, 2.75) is 78.6 Å². The minimum atomic E-state index is -0.850. The summed E-state index contributed by atoms with van der Waals surface area (Å²) in [6.07, 6.45) is 2.49. The molecular weight excluding hydrogens is 346 g/mol. The monoisotopic (exact) mass is 379 g/mol. The first-order valence-corrected chi connectivity index (χ1v) is 9.89. The molecule has 6 heteroatoms. The average molecular weight is 379 g/mol. The predicted molar refractivity (Wildman–Crippen MR) is 102 cm³/mol. The van der Waals surface area contributed by atoms with Crippen molar-refractivity contribution in [2.24, 2.45) is 17.3 Å². The lowest BCUT2D eigenvalue weighted by atomic mass is 9.79. The lowest BCUT2D eigenvalue weighted by molar-refractivity contribution is -0.137. The van der Waals surface area contributed by atoms with Gasteiger partial charge in [0.15, 0.2) is 0 Å². The minimum absolute atomic E-state index is 0.0415. The zero-order chi connectivity index (χ0) is 20.2. The molecule has 2 atom stereocenters. The van der Waals surface area contributed by atoms with Gasteiger partial charge in [0.25, 0.3) is 0 Å². The van der Waals surface area contributed by atoms with Crippen molar-refractivity contribution in [1.82, 2.24) is 4.90 Å². The number of nitrogens with zero attached hydrogens (tertiary/aromatic N) is 1. The molecule has 0 bridgehead atoms. The highest BCUT2D eigenvalue weighted by atomic mass is 16.5. The predicted octanol–water partition coefficient (Wildman–Crippen LogP) is 3.54. The van der Waals surface area contributed by atoms with Crippen LogP contribution in [-0.4, -0.2) is 53.5 Å². The molecule has 2 rings (SSSR count). The number of amides is 1. The van der Waals surface area contributed by atoms with Crippen LogP contribution < -0.4 is 0 Å². The standard InChI is InChI=1S/C21H33NO5/c1-14(2)13-26-19(23)7-6-15-10-17(11-15)27-16-8-9-22(20(24)25)18(12-16)21(3,4)5/h14-18H,8-13H2,1-5H3,(H,24,25). The van der Waals surface area contributed by atoms with E-state index in [0.717, 1.165) is 25.7 Å². The van der Waals surface area contributed by atoms with Crippen molar-refractivity contribution in [3.63, 3.8) is 0 Å². The van der Waals surface area contributed by atoms with Gasteiger partial charge in [0.1, 0.15) is 0 Å². The molecule has 1 amide bonds. The number of carbonyl (C=O) groups excluding carboxylic acids is 1. The van der Waals surface area contributed by atoms with Crippen molar-refractivity contribution in [2.75, 3.05) is 13.2 Å². The van der Waals surface area contributed by atoms with Gasteiger partial charge in [-0.05, 0) is 37.0 Å². The number of hydrogen-bond donors (Lipinski definition) is 1. The Labute approximate surface area is 162 Å². The molecule has 0 spiro atoms. The van der Waals surface area contributed by atoms with Gasteiger partial charge in [-0.25, -0.2) is 9.59 Å². The summed E-state index contributed by atoms with van der Waals surface area (Å²) in [5, 5.41) is 9.44. The SMILES string of the molecule is CC(C)COC(=O)C#CC1CC(OC2CCN(C(=O)O)C(C(C)(C)C)C2)C1. The molecule has 0 aromatic carbocycles. The highest BCUT2D eigenvalue weighted by Crippen LogP contribution is 2.36. The Bertz CT molecular complexity index is 592. The van der Waals surface area contributed by atoms with E-state index in [1.165, 1.54) is 0 Å². The summed E-state index contributed by atoms with van der Waals surface area (Å²) >= 11 is 0. The molecule has 6 nitrogen and oxygen atoms in total. The Morgan fingerprint density at radius 1 is 1.19 bits per heavy atom. The molecule has 1 N–H and O–H groups in total. The maximum absolute atomic E-state index is 11.5. The Morgan fingerprint density at radius 3 is 2.41 bits per heavy atom. The van der Waals surface area contributed by atoms with Crippen LogP contribution >= 0.6 is 0 Å². The highest BCUT2D eigenvalue weighted by molar-refractivity contribution is 5.88. The number of esters is 1. The second-order valence-electron chi connectivity index (χ2n) is 9.19. The summed E-state index contributed by atoms with van der Waals surface area (Å²) < 4.78 is 11.2. The van der Waals surface area contributed by atoms with Gasteiger partial charge in [0.05, 0.1) is 18.8 Å². The summed E-state index contributed by atoms with van der Waals surface area (Å²) in [5.41, 5.74) is -0.121. The molecule has 2 fully saturated rings. The van der Waals surface area contributed by atoms with Crippen LogP contribution in [-0.2, 0) is 14.3 Å². The minimum Gasteiger partial charge on any atom is -0.465 e. The lowest BCUT2D eigenvalue weighted by Gasteiger charge is -2.46. The van der Waals surface area contributed by atoms with Crippen LogP contribution in [0.5, 0.6) is 0 Å². The molecule has 0 radical (unpaired) electrons. The number of hydrogen-bond acceptors (Lipinski definition) is 4. The molecular formula is C21H33NO5. The Kier molecular flexibility index (Phi) is 7.16. The number of likely N-dealkylation sites (tertiary alicyclic amines) is 1. The zero-order valence-corrected chi connectivity index (χ0v) is 17.2. The van der Waals surface area contributed by atoms with Crippen molar-refractivity contribution in [3.8, 4) is 11.8 Å². The molecule has 2 aliphatic rings. The van der Waals surface area contributed by atoms with E-state index < -0.39 is 12.1 Å². The van der Waals surface area contributed by atoms with Crippen LogP contribution in [0.15, 0.2) is 0 Å². The van der Waals surface area contributed by atoms with Crippen LogP contribution in [0.2, 0.25) is 0 Å². The number of ether oxygens (including phenoxy) is 2. The van der Waals surface area contributed by atoms with Crippen molar-refractivity contribution in [1.29, 1.82) is 0 Å². The van der Waals surface area contributed by atoms with E-state index in [1.54, 1.807) is 4.90 Å². The van der Waals surface area contributed by atoms with E-state index in [9.17, 15) is 14.7 Å². The van der Waals surface area contributed by atoms with E-state index in [2.05, 4.69) is 32.6 Å². The van der Waals surface area contributed by atoms with Gasteiger partial charge in [-0.3, -0.25) is 0 Å². The van der Waals surface area contributed by atoms with Crippen LogP contribution in [0.3, 0.4) is 0 Å². The largest absolute Gasteiger partial charge is 0.465 e. The number of rotatable bonds is 4. The smallest absolute Gasteiger partial charge is 0.407 e. The fourth-order valence-corrected chi connectivity index (χ4v) is 3.61. The van der Waals surface area contributed by atoms with Crippen LogP contribution in [0.1, 0.15) is 60.3 Å². The summed E-state index contributed by atoms with van der Waals surface area (Å²) in [5.74, 6) is 5.58. The molecule has 2 unspecified atom stereocenters. The molecule has 152 valence electrons. The molecule has 1 saturated heterocycles. The Morgan fingerprint density at radius 2 is 1.85 bits per heavy atom. The first kappa shape index (κ1) is 21.6. The van der Waals surface area contributed by atoms with Gasteiger partial charge in [-0.15, -0.1) is 0 Å². The lowest BCUT2D eigenvalue weighted by Crippen LogP contribution is -2.54. The molecule has 1 saturated carbocycles. The first-order chi connectivity index (χ1) is 12.6. The van der Waals surface area contributed by atoms with Crippen LogP contribution in [0.4, 0.5) is 4.79 Å². The van der Waals surface area contributed by atoms with Crippen molar-refractivity contribution >= 4 is 12.1 Å². The van der Waals surface area contributed by atoms with Crippen LogP contribution in [0.25, 0.3) is 0 Å². The summed E-state index contributed by atoms with van der Waals surface area (Å²) in [7, 11) is 0. The Hall–Kier alpha value is -1.74. The van der Waals surface area contributed by atoms with Gasteiger partial charge in [-0.1, -0.05) is 40.5 Å². The van der Waals surface area contributed by atoms with Crippen molar-refractivity contribution < 1.29 is 24.2 Å². The first-order valence-electron chi connectivity index (χ1n) is 9.89. The van der Waals surface area contributed by atoms with E-state index in [1.807, 2.05) is 13.8 Å². The molecule has 0 aromatic rings. The molecule has 1 aliphatic carbocycles. The number of carbonyl (C=O) groups is 2. The maximum atomic E-state index is 11.5. The van der Waals surface area contributed by atoms with Gasteiger partial charge in [0.2, 0.25) is 0 Å². The molecule has 1 heterocycles. The topological polar surface area (TPSA) is 76.1 Å². The van der Waals surface area contributed by atoms with Gasteiger partial charge in [0, 0.05) is 24.4 Å². The molecule has 27 heavy (non-hydrogen) atoms. The zero-order valence-electron chi connectivity index (χ0n) is 17.2. The van der Waals surface area contributed by atoms with Gasteiger partial charge in [-0.2, -0.15) is 0 Å². The fraction of sp³-hybridized carbons (Fsp3) is 0.810. The van der Waals surface area contributed by atoms with Crippen molar-refractivity contribution in [3.05, 3.63) is 0 Å². The number of carboxylic acid groups (broad SMARTS) is 1. The van der Waals surface area contributed by atoms with E-state index >= 15 is 0 Å². The average Bonchev–Trinajstić information content (AvgIpc) is 2.53. The number of piperidine rings is 1. The van der Waals surface area contributed by atoms with Gasteiger partial charge < -0.3 is 19.5 Å². The van der Waals surface area contributed by atoms with E-state index in [4.69, 9.17) is 9.47 Å². The van der Waals surface area contributed by atoms with Crippen LogP contribution in [0, 0.1) is 29.1 Å².